The normalized spacial score (nSPS) is 12.7. The summed E-state index contributed by atoms with van der Waals surface area (Å²) in [7, 11) is 0. The number of carboxylic acids is 1. The van der Waals surface area contributed by atoms with Crippen molar-refractivity contribution < 1.29 is 14.3 Å². The molecule has 0 fully saturated rings. The summed E-state index contributed by atoms with van der Waals surface area (Å²) in [5.41, 5.74) is 0.588. The van der Waals surface area contributed by atoms with Crippen molar-refractivity contribution in [1.82, 2.24) is 4.90 Å². The van der Waals surface area contributed by atoms with E-state index in [0.717, 1.165) is 0 Å². The van der Waals surface area contributed by atoms with E-state index in [1.54, 1.807) is 12.1 Å². The smallest absolute Gasteiger partial charge is 0.304 e. The molecular weight excluding hydrogens is 301 g/mol. The zero-order chi connectivity index (χ0) is 13.7. The van der Waals surface area contributed by atoms with Crippen molar-refractivity contribution in [2.45, 2.75) is 26.3 Å². The Morgan fingerprint density at radius 1 is 1.56 bits per heavy atom. The highest BCUT2D eigenvalue weighted by Crippen LogP contribution is 2.25. The average Bonchev–Trinajstić information content (AvgIpc) is 2.29. The van der Waals surface area contributed by atoms with E-state index in [4.69, 9.17) is 5.11 Å². The number of rotatable bonds is 6. The van der Waals surface area contributed by atoms with E-state index in [-0.39, 0.29) is 18.3 Å². The van der Waals surface area contributed by atoms with Crippen molar-refractivity contribution in [2.24, 2.45) is 0 Å². The molecule has 1 atom stereocenters. The van der Waals surface area contributed by atoms with Crippen LogP contribution in [0.1, 0.15) is 31.9 Å². The second-order valence-corrected chi connectivity index (χ2v) is 5.03. The Morgan fingerprint density at radius 3 is 2.72 bits per heavy atom. The lowest BCUT2D eigenvalue weighted by Crippen LogP contribution is -2.29. The van der Waals surface area contributed by atoms with Crippen molar-refractivity contribution in [3.05, 3.63) is 34.1 Å². The number of nitrogens with zero attached hydrogens (tertiary/aromatic N) is 1. The molecule has 0 heterocycles. The van der Waals surface area contributed by atoms with Gasteiger partial charge >= 0.3 is 5.97 Å². The molecule has 100 valence electrons. The average molecular weight is 318 g/mol. The van der Waals surface area contributed by atoms with Gasteiger partial charge in [0.1, 0.15) is 5.82 Å². The van der Waals surface area contributed by atoms with E-state index in [9.17, 15) is 9.18 Å². The van der Waals surface area contributed by atoms with Crippen molar-refractivity contribution in [3.63, 3.8) is 0 Å². The molecule has 0 aliphatic heterocycles. The van der Waals surface area contributed by atoms with Crippen LogP contribution in [0.2, 0.25) is 0 Å². The van der Waals surface area contributed by atoms with Crippen LogP contribution in [0.5, 0.6) is 0 Å². The molecule has 1 aromatic rings. The van der Waals surface area contributed by atoms with Gasteiger partial charge in [-0.25, -0.2) is 4.39 Å². The Balaban J connectivity index is 2.82. The number of carbonyl (C=O) groups is 1. The Hall–Kier alpha value is -0.940. The minimum atomic E-state index is -0.836. The van der Waals surface area contributed by atoms with Crippen molar-refractivity contribution in [1.29, 1.82) is 0 Å². The van der Waals surface area contributed by atoms with Crippen LogP contribution in [0, 0.1) is 5.82 Å². The molecule has 1 N–H and O–H groups in total. The summed E-state index contributed by atoms with van der Waals surface area (Å²) >= 11 is 3.22. The maximum absolute atomic E-state index is 13.8. The van der Waals surface area contributed by atoms with Gasteiger partial charge in [0.15, 0.2) is 0 Å². The third-order valence-electron chi connectivity index (χ3n) is 2.98. The second-order valence-electron chi connectivity index (χ2n) is 4.11. The van der Waals surface area contributed by atoms with E-state index in [1.807, 2.05) is 18.7 Å². The zero-order valence-electron chi connectivity index (χ0n) is 10.5. The van der Waals surface area contributed by atoms with Gasteiger partial charge in [-0.1, -0.05) is 28.9 Å². The number of aliphatic carboxylic acids is 1. The molecule has 0 radical (unpaired) electrons. The van der Waals surface area contributed by atoms with Gasteiger partial charge in [0.2, 0.25) is 0 Å². The summed E-state index contributed by atoms with van der Waals surface area (Å²) in [6.07, 6.45) is 0.0658. The summed E-state index contributed by atoms with van der Waals surface area (Å²) in [4.78, 5) is 12.5. The monoisotopic (exact) mass is 317 g/mol. The lowest BCUT2D eigenvalue weighted by atomic mass is 10.1. The number of hydrogen-bond acceptors (Lipinski definition) is 2. The predicted octanol–water partition coefficient (Wildman–Crippen LogP) is 3.45. The molecule has 0 amide bonds. The lowest BCUT2D eigenvalue weighted by Gasteiger charge is -2.27. The molecular formula is C13H17BrFNO2. The van der Waals surface area contributed by atoms with Gasteiger partial charge in [-0.05, 0) is 25.6 Å². The quantitative estimate of drug-likeness (QED) is 0.873. The Morgan fingerprint density at radius 2 is 2.22 bits per heavy atom. The number of hydrogen-bond donors (Lipinski definition) is 1. The Labute approximate surface area is 115 Å². The van der Waals surface area contributed by atoms with Gasteiger partial charge in [-0.15, -0.1) is 0 Å². The third kappa shape index (κ3) is 4.07. The summed E-state index contributed by atoms with van der Waals surface area (Å²) in [6.45, 7) is 4.93. The molecule has 3 nitrogen and oxygen atoms in total. The number of carboxylic acid groups (broad SMARTS) is 1. The van der Waals surface area contributed by atoms with Gasteiger partial charge in [0.05, 0.1) is 6.42 Å². The molecule has 0 spiro atoms. The van der Waals surface area contributed by atoms with Gasteiger partial charge < -0.3 is 5.11 Å². The first-order valence-corrected chi connectivity index (χ1v) is 6.65. The second kappa shape index (κ2) is 6.85. The highest BCUT2D eigenvalue weighted by atomic mass is 79.9. The highest BCUT2D eigenvalue weighted by Gasteiger charge is 2.18. The van der Waals surface area contributed by atoms with Gasteiger partial charge in [-0.3, -0.25) is 9.69 Å². The largest absolute Gasteiger partial charge is 0.481 e. The first-order valence-electron chi connectivity index (χ1n) is 5.86. The fraction of sp³-hybridized carbons (Fsp3) is 0.462. The van der Waals surface area contributed by atoms with E-state index in [1.165, 1.54) is 6.07 Å². The van der Waals surface area contributed by atoms with Crippen LogP contribution in [-0.4, -0.2) is 29.1 Å². The van der Waals surface area contributed by atoms with Crippen LogP contribution < -0.4 is 0 Å². The molecule has 0 aliphatic carbocycles. The van der Waals surface area contributed by atoms with Gasteiger partial charge in [0, 0.05) is 22.6 Å². The molecule has 0 bridgehead atoms. The van der Waals surface area contributed by atoms with E-state index >= 15 is 0 Å². The molecule has 1 unspecified atom stereocenters. The molecule has 0 aromatic heterocycles. The predicted molar refractivity (Wildman–Crippen MR) is 72.0 cm³/mol. The highest BCUT2D eigenvalue weighted by molar-refractivity contribution is 9.10. The van der Waals surface area contributed by atoms with E-state index in [0.29, 0.717) is 23.1 Å². The van der Waals surface area contributed by atoms with Crippen LogP contribution in [-0.2, 0) is 4.79 Å². The lowest BCUT2D eigenvalue weighted by molar-refractivity contribution is -0.137. The standard InChI is InChI=1S/C13H17BrFNO2/c1-3-16(7-6-13(17)18)9(2)11-5-4-10(14)8-12(11)15/h4-5,8-9H,3,6-7H2,1-2H3,(H,17,18). The fourth-order valence-corrected chi connectivity index (χ4v) is 2.24. The van der Waals surface area contributed by atoms with Crippen LogP contribution in [0.4, 0.5) is 4.39 Å². The molecule has 0 aliphatic rings. The molecule has 1 rings (SSSR count). The van der Waals surface area contributed by atoms with Crippen molar-refractivity contribution >= 4 is 21.9 Å². The van der Waals surface area contributed by atoms with Crippen LogP contribution in [0.15, 0.2) is 22.7 Å². The molecule has 1 aromatic carbocycles. The van der Waals surface area contributed by atoms with Gasteiger partial charge in [0.25, 0.3) is 0 Å². The zero-order valence-corrected chi connectivity index (χ0v) is 12.1. The molecule has 0 saturated heterocycles. The molecule has 18 heavy (non-hydrogen) atoms. The summed E-state index contributed by atoms with van der Waals surface area (Å²) in [6, 6.07) is 4.81. The number of halogens is 2. The van der Waals surface area contributed by atoms with E-state index in [2.05, 4.69) is 15.9 Å². The summed E-state index contributed by atoms with van der Waals surface area (Å²) < 4.78 is 14.5. The SMILES string of the molecule is CCN(CCC(=O)O)C(C)c1ccc(Br)cc1F. The maximum Gasteiger partial charge on any atom is 0.304 e. The first kappa shape index (κ1) is 15.1. The maximum atomic E-state index is 13.8. The molecule has 5 heteroatoms. The number of benzene rings is 1. The van der Waals surface area contributed by atoms with E-state index < -0.39 is 5.97 Å². The van der Waals surface area contributed by atoms with Crippen molar-refractivity contribution in [3.8, 4) is 0 Å². The van der Waals surface area contributed by atoms with Crippen LogP contribution in [0.25, 0.3) is 0 Å². The summed E-state index contributed by atoms with van der Waals surface area (Å²) in [5, 5.41) is 8.69. The van der Waals surface area contributed by atoms with Crippen LogP contribution >= 0.6 is 15.9 Å². The minimum Gasteiger partial charge on any atom is -0.481 e. The fourth-order valence-electron chi connectivity index (χ4n) is 1.90. The van der Waals surface area contributed by atoms with Crippen molar-refractivity contribution in [2.75, 3.05) is 13.1 Å². The van der Waals surface area contributed by atoms with Crippen LogP contribution in [0.3, 0.4) is 0 Å². The minimum absolute atomic E-state index is 0.0658. The summed E-state index contributed by atoms with van der Waals surface area (Å²) in [5.74, 6) is -1.11. The Kier molecular flexibility index (Phi) is 5.75. The van der Waals surface area contributed by atoms with Gasteiger partial charge in [-0.2, -0.15) is 0 Å². The topological polar surface area (TPSA) is 40.5 Å². The first-order chi connectivity index (χ1) is 8.45. The third-order valence-corrected chi connectivity index (χ3v) is 3.47. The Bertz CT molecular complexity index is 425. The molecule has 0 saturated carbocycles.